The lowest BCUT2D eigenvalue weighted by Crippen LogP contribution is -2.63. The van der Waals surface area contributed by atoms with E-state index >= 15 is 0 Å². The van der Waals surface area contributed by atoms with Crippen LogP contribution < -0.4 is 9.47 Å². The van der Waals surface area contributed by atoms with E-state index in [2.05, 4.69) is 18.0 Å². The molecule has 0 aliphatic carbocycles. The van der Waals surface area contributed by atoms with Gasteiger partial charge < -0.3 is 24.3 Å². The number of fused-ring (bicyclic) bond motifs is 4. The standard InChI is InChI=1S/C29H35N3O4/c1-4-5-6-7-10-16-31-18-25(33)32-23(29(31)34)17-21-19-12-8-9-14-22(19)30-26(21)27(32)20-13-11-15-24(35-2)28(20)36-3/h8-9,11-15,23,27,30H,4-7,10,16-18H2,1-3H3. The molecule has 3 aromatic rings. The number of benzene rings is 2. The van der Waals surface area contributed by atoms with Gasteiger partial charge in [-0.2, -0.15) is 0 Å². The number of para-hydroxylation sites is 2. The first-order chi connectivity index (χ1) is 17.6. The van der Waals surface area contributed by atoms with E-state index in [1.807, 2.05) is 36.4 Å². The molecule has 7 nitrogen and oxygen atoms in total. The Hall–Kier alpha value is -3.48. The number of ether oxygens (including phenoxy) is 2. The van der Waals surface area contributed by atoms with E-state index in [-0.39, 0.29) is 18.4 Å². The number of unbranched alkanes of at least 4 members (excludes halogenated alkanes) is 4. The first-order valence-electron chi connectivity index (χ1n) is 13.0. The van der Waals surface area contributed by atoms with Crippen LogP contribution in [0.15, 0.2) is 42.5 Å². The summed E-state index contributed by atoms with van der Waals surface area (Å²) in [6.07, 6.45) is 6.06. The molecule has 1 N–H and O–H groups in total. The van der Waals surface area contributed by atoms with Crippen molar-refractivity contribution < 1.29 is 19.1 Å². The van der Waals surface area contributed by atoms with Crippen LogP contribution in [0.25, 0.3) is 10.9 Å². The SMILES string of the molecule is CCCCCCCN1CC(=O)N2C(Cc3c([nH]c4ccccc34)C2c2cccc(OC)c2OC)C1=O. The fraction of sp³-hybridized carbons (Fsp3) is 0.448. The zero-order valence-electron chi connectivity index (χ0n) is 21.4. The van der Waals surface area contributed by atoms with Gasteiger partial charge in [-0.25, -0.2) is 0 Å². The van der Waals surface area contributed by atoms with Crippen molar-refractivity contribution in [2.75, 3.05) is 27.3 Å². The molecule has 0 radical (unpaired) electrons. The summed E-state index contributed by atoms with van der Waals surface area (Å²) in [4.78, 5) is 34.7. The summed E-state index contributed by atoms with van der Waals surface area (Å²) < 4.78 is 11.4. The first-order valence-corrected chi connectivity index (χ1v) is 13.0. The van der Waals surface area contributed by atoms with Gasteiger partial charge in [0, 0.05) is 35.1 Å². The zero-order valence-corrected chi connectivity index (χ0v) is 21.4. The average molecular weight is 490 g/mol. The Bertz CT molecular complexity index is 1270. The molecule has 2 atom stereocenters. The highest BCUT2D eigenvalue weighted by Crippen LogP contribution is 2.46. The van der Waals surface area contributed by atoms with Crippen molar-refractivity contribution >= 4 is 22.7 Å². The van der Waals surface area contributed by atoms with Crippen molar-refractivity contribution in [3.8, 4) is 11.5 Å². The number of aromatic amines is 1. The molecule has 1 fully saturated rings. The molecule has 190 valence electrons. The summed E-state index contributed by atoms with van der Waals surface area (Å²) in [5, 5.41) is 1.09. The van der Waals surface area contributed by atoms with E-state index < -0.39 is 12.1 Å². The second kappa shape index (κ2) is 10.2. The summed E-state index contributed by atoms with van der Waals surface area (Å²) in [5.41, 5.74) is 3.84. The number of aromatic nitrogens is 1. The van der Waals surface area contributed by atoms with E-state index in [0.717, 1.165) is 40.6 Å². The van der Waals surface area contributed by atoms with Crippen LogP contribution in [0.4, 0.5) is 0 Å². The number of carbonyl (C=O) groups is 2. The van der Waals surface area contributed by atoms with Gasteiger partial charge in [-0.3, -0.25) is 9.59 Å². The zero-order chi connectivity index (χ0) is 25.2. The van der Waals surface area contributed by atoms with Crippen LogP contribution in [-0.4, -0.2) is 59.9 Å². The number of methoxy groups -OCH3 is 2. The molecular weight excluding hydrogens is 454 g/mol. The lowest BCUT2D eigenvalue weighted by Gasteiger charge is -2.47. The number of rotatable bonds is 9. The monoisotopic (exact) mass is 489 g/mol. The summed E-state index contributed by atoms with van der Waals surface area (Å²) >= 11 is 0. The Labute approximate surface area is 212 Å². The number of H-pyrrole nitrogens is 1. The van der Waals surface area contributed by atoms with Gasteiger partial charge in [0.2, 0.25) is 11.8 Å². The Kier molecular flexibility index (Phi) is 6.90. The minimum atomic E-state index is -0.547. The summed E-state index contributed by atoms with van der Waals surface area (Å²) in [5.74, 6) is 1.17. The van der Waals surface area contributed by atoms with E-state index in [1.165, 1.54) is 19.3 Å². The van der Waals surface area contributed by atoms with E-state index in [9.17, 15) is 9.59 Å². The Morgan fingerprint density at radius 2 is 1.78 bits per heavy atom. The molecular formula is C29H35N3O4. The number of nitrogens with zero attached hydrogens (tertiary/aromatic N) is 2. The van der Waals surface area contributed by atoms with Crippen LogP contribution in [0.5, 0.6) is 11.5 Å². The number of hydrogen-bond donors (Lipinski definition) is 1. The van der Waals surface area contributed by atoms with Crippen LogP contribution in [0.3, 0.4) is 0 Å². The first kappa shape index (κ1) is 24.2. The number of nitrogens with one attached hydrogen (secondary N) is 1. The molecule has 0 saturated carbocycles. The molecule has 0 bridgehead atoms. The Morgan fingerprint density at radius 3 is 2.56 bits per heavy atom. The number of hydrogen-bond acceptors (Lipinski definition) is 4. The van der Waals surface area contributed by atoms with Gasteiger partial charge in [-0.1, -0.05) is 62.9 Å². The molecule has 2 amide bonds. The van der Waals surface area contributed by atoms with Gasteiger partial charge >= 0.3 is 0 Å². The predicted octanol–water partition coefficient (Wildman–Crippen LogP) is 4.84. The van der Waals surface area contributed by atoms with Gasteiger partial charge in [-0.05, 0) is 24.1 Å². The highest BCUT2D eigenvalue weighted by molar-refractivity contribution is 5.97. The van der Waals surface area contributed by atoms with E-state index in [1.54, 1.807) is 24.0 Å². The Morgan fingerprint density at radius 1 is 0.972 bits per heavy atom. The normalized spacial score (nSPS) is 19.4. The van der Waals surface area contributed by atoms with Gasteiger partial charge in [-0.15, -0.1) is 0 Å². The van der Waals surface area contributed by atoms with Crippen molar-refractivity contribution in [2.24, 2.45) is 0 Å². The molecule has 1 saturated heterocycles. The minimum absolute atomic E-state index is 0.0349. The summed E-state index contributed by atoms with van der Waals surface area (Å²) in [6.45, 7) is 2.94. The largest absolute Gasteiger partial charge is 0.493 e. The quantitative estimate of drug-likeness (QED) is 0.437. The molecule has 5 rings (SSSR count). The van der Waals surface area contributed by atoms with Crippen LogP contribution in [-0.2, 0) is 16.0 Å². The highest BCUT2D eigenvalue weighted by atomic mass is 16.5. The smallest absolute Gasteiger partial charge is 0.246 e. The average Bonchev–Trinajstić information content (AvgIpc) is 3.28. The van der Waals surface area contributed by atoms with E-state index in [4.69, 9.17) is 9.47 Å². The van der Waals surface area contributed by atoms with Crippen LogP contribution in [0, 0.1) is 0 Å². The topological polar surface area (TPSA) is 74.9 Å². The summed E-state index contributed by atoms with van der Waals surface area (Å²) in [6, 6.07) is 12.8. The van der Waals surface area contributed by atoms with Crippen LogP contribution >= 0.6 is 0 Å². The third kappa shape index (κ3) is 4.10. The predicted molar refractivity (Wildman–Crippen MR) is 139 cm³/mol. The summed E-state index contributed by atoms with van der Waals surface area (Å²) in [7, 11) is 3.21. The second-order valence-corrected chi connectivity index (χ2v) is 9.74. The number of carbonyl (C=O) groups excluding carboxylic acids is 2. The molecule has 36 heavy (non-hydrogen) atoms. The third-order valence-corrected chi connectivity index (χ3v) is 7.60. The van der Waals surface area contributed by atoms with Crippen molar-refractivity contribution in [1.82, 2.24) is 14.8 Å². The molecule has 7 heteroatoms. The van der Waals surface area contributed by atoms with Crippen LogP contribution in [0.1, 0.15) is 61.9 Å². The van der Waals surface area contributed by atoms with Crippen molar-refractivity contribution in [3.63, 3.8) is 0 Å². The van der Waals surface area contributed by atoms with Crippen molar-refractivity contribution in [2.45, 2.75) is 57.5 Å². The minimum Gasteiger partial charge on any atom is -0.493 e. The Balaban J connectivity index is 1.57. The maximum atomic E-state index is 13.8. The molecule has 3 heterocycles. The van der Waals surface area contributed by atoms with Gasteiger partial charge in [0.05, 0.1) is 20.8 Å². The van der Waals surface area contributed by atoms with Gasteiger partial charge in [0.15, 0.2) is 11.5 Å². The lowest BCUT2D eigenvalue weighted by atomic mass is 9.85. The second-order valence-electron chi connectivity index (χ2n) is 9.74. The molecule has 2 aliphatic rings. The lowest BCUT2D eigenvalue weighted by molar-refractivity contribution is -0.158. The van der Waals surface area contributed by atoms with Crippen molar-refractivity contribution in [3.05, 3.63) is 59.3 Å². The fourth-order valence-corrected chi connectivity index (χ4v) is 5.87. The highest BCUT2D eigenvalue weighted by Gasteiger charge is 2.48. The van der Waals surface area contributed by atoms with Gasteiger partial charge in [0.25, 0.3) is 0 Å². The maximum Gasteiger partial charge on any atom is 0.246 e. The van der Waals surface area contributed by atoms with E-state index in [0.29, 0.717) is 24.5 Å². The number of piperazine rings is 1. The van der Waals surface area contributed by atoms with Crippen molar-refractivity contribution in [1.29, 1.82) is 0 Å². The molecule has 0 spiro atoms. The third-order valence-electron chi connectivity index (χ3n) is 7.60. The molecule has 1 aromatic heterocycles. The number of amides is 2. The molecule has 2 unspecified atom stereocenters. The van der Waals surface area contributed by atoms with Gasteiger partial charge in [0.1, 0.15) is 12.1 Å². The maximum absolute atomic E-state index is 13.8. The molecule has 2 aliphatic heterocycles. The van der Waals surface area contributed by atoms with Crippen LogP contribution in [0.2, 0.25) is 0 Å². The molecule has 2 aromatic carbocycles. The fourth-order valence-electron chi connectivity index (χ4n) is 5.87.